The third-order valence-electron chi connectivity index (χ3n) is 0. The van der Waals surface area contributed by atoms with E-state index in [9.17, 15) is 0 Å². The molecule has 0 bridgehead atoms. The van der Waals surface area contributed by atoms with E-state index in [1.165, 1.54) is 0 Å². The summed E-state index contributed by atoms with van der Waals surface area (Å²) in [7, 11) is 0. The molecule has 0 fully saturated rings. The van der Waals surface area contributed by atoms with Crippen LogP contribution >= 0.6 is 0 Å². The fourth-order valence-electron chi connectivity index (χ4n) is 0. The minimum Gasteiger partial charge on any atom is -1.00 e. The van der Waals surface area contributed by atoms with Crippen LogP contribution < -0.4 is 24.8 Å². The maximum atomic E-state index is 4.60. The number of halogens is 2. The molecule has 0 spiro atoms. The van der Waals surface area contributed by atoms with Crippen LogP contribution in [0.2, 0.25) is 0 Å². The van der Waals surface area contributed by atoms with Gasteiger partial charge in [-0.2, -0.15) is 0 Å². The van der Waals surface area contributed by atoms with E-state index in [0.29, 0.717) is 0 Å². The van der Waals surface area contributed by atoms with Gasteiger partial charge in [-0.25, -0.2) is 0 Å². The van der Waals surface area contributed by atoms with Gasteiger partial charge < -0.3 is 24.8 Å². The van der Waals surface area contributed by atoms with Crippen molar-refractivity contribution in [3.63, 3.8) is 0 Å². The maximum Gasteiger partial charge on any atom is 2.00 e. The van der Waals surface area contributed by atoms with Crippen LogP contribution in [0.5, 0.6) is 0 Å². The molecule has 3 heteroatoms. The van der Waals surface area contributed by atoms with E-state index in [1.807, 2.05) is 0 Å². The van der Waals surface area contributed by atoms with Crippen molar-refractivity contribution >= 4 is 23.1 Å². The Morgan fingerprint density at radius 1 is 1.33 bits per heavy atom. The largest absolute Gasteiger partial charge is 2.00 e. The molecule has 0 aromatic rings. The van der Waals surface area contributed by atoms with Crippen molar-refractivity contribution in [1.82, 2.24) is 0 Å². The molecule has 0 nitrogen and oxygen atoms in total. The van der Waals surface area contributed by atoms with E-state index in [2.05, 4.69) is 12.3 Å². The van der Waals surface area contributed by atoms with Gasteiger partial charge >= 0.3 is 23.1 Å². The predicted molar refractivity (Wildman–Crippen MR) is 20.3 cm³/mol. The zero-order chi connectivity index (χ0) is 2.71. The predicted octanol–water partition coefficient (Wildman–Crippen LogP) is -5.73. The Hall–Kier alpha value is 0.906. The molecule has 0 saturated carbocycles. The average molecular weight is 135 g/mol. The first kappa shape index (κ1) is 28.5. The first-order valence-electron chi connectivity index (χ1n) is 0.789. The van der Waals surface area contributed by atoms with Crippen LogP contribution in [0.15, 0.2) is 0 Å². The fourth-order valence-corrected chi connectivity index (χ4v) is 0. The summed E-state index contributed by atoms with van der Waals surface area (Å²) in [6.07, 6.45) is 4.60. The summed E-state index contributed by atoms with van der Waals surface area (Å²) in [5.74, 6) is 2.25. The first-order valence-corrected chi connectivity index (χ1v) is 0.789. The van der Waals surface area contributed by atoms with Crippen LogP contribution in [0.25, 0.3) is 0 Å². The summed E-state index contributed by atoms with van der Waals surface area (Å²) in [5, 5.41) is 0. The molecule has 0 unspecified atom stereocenters. The van der Waals surface area contributed by atoms with E-state index in [0.717, 1.165) is 0 Å². The molecule has 0 aliphatic rings. The van der Waals surface area contributed by atoms with Gasteiger partial charge in [0.05, 0.1) is 0 Å². The molecule has 0 aliphatic carbocycles. The number of rotatable bonds is 0. The summed E-state index contributed by atoms with van der Waals surface area (Å²) in [6.45, 7) is 1.65. The van der Waals surface area contributed by atoms with Crippen LogP contribution in [0.4, 0.5) is 0 Å². The van der Waals surface area contributed by atoms with Gasteiger partial charge in [0.1, 0.15) is 0 Å². The third-order valence-corrected chi connectivity index (χ3v) is 0. The molecular weight excluding hydrogens is 131 g/mol. The van der Waals surface area contributed by atoms with Gasteiger partial charge in [-0.1, -0.05) is 0 Å². The van der Waals surface area contributed by atoms with Crippen molar-refractivity contribution in [3.8, 4) is 12.3 Å². The van der Waals surface area contributed by atoms with Gasteiger partial charge in [-0.15, -0.1) is 12.3 Å². The van der Waals surface area contributed by atoms with Gasteiger partial charge in [0, 0.05) is 0 Å². The van der Waals surface area contributed by atoms with E-state index in [-0.39, 0.29) is 47.9 Å². The quantitative estimate of drug-likeness (QED) is 0.229. The van der Waals surface area contributed by atoms with Crippen molar-refractivity contribution in [1.29, 1.82) is 0 Å². The van der Waals surface area contributed by atoms with Crippen LogP contribution in [0.1, 0.15) is 6.92 Å². The van der Waals surface area contributed by atoms with Gasteiger partial charge in [0.15, 0.2) is 0 Å². The molecule has 0 aliphatic heterocycles. The second-order valence-electron chi connectivity index (χ2n) is 0.289. The summed E-state index contributed by atoms with van der Waals surface area (Å²) < 4.78 is 0. The molecule has 0 radical (unpaired) electrons. The fraction of sp³-hybridized carbons (Fsp3) is 0.333. The molecule has 0 amide bonds. The van der Waals surface area contributed by atoms with E-state index in [1.54, 1.807) is 6.92 Å². The molecule has 0 saturated heterocycles. The Morgan fingerprint density at radius 2 is 1.33 bits per heavy atom. The molecular formula is C3H4Cl2Mg. The number of terminal acetylenes is 1. The normalized spacial score (nSPS) is 1.33. The van der Waals surface area contributed by atoms with Gasteiger partial charge in [-0.3, -0.25) is 0 Å². The SMILES string of the molecule is C#CC.[Cl-].[Cl-].[Mg+2]. The Balaban J connectivity index is -0.00000000667. The first-order chi connectivity index (χ1) is 1.41. The van der Waals surface area contributed by atoms with Crippen molar-refractivity contribution < 1.29 is 24.8 Å². The molecule has 0 N–H and O–H groups in total. The number of hydrogen-bond donors (Lipinski definition) is 0. The van der Waals surface area contributed by atoms with Crippen LogP contribution in [0.3, 0.4) is 0 Å². The summed E-state index contributed by atoms with van der Waals surface area (Å²) in [5.41, 5.74) is 0. The molecule has 6 heavy (non-hydrogen) atoms. The number of hydrogen-bond acceptors (Lipinski definition) is 0. The van der Waals surface area contributed by atoms with Crippen LogP contribution in [0, 0.1) is 12.3 Å². The van der Waals surface area contributed by atoms with Crippen molar-refractivity contribution in [2.75, 3.05) is 0 Å². The molecule has 0 atom stereocenters. The Kier molecular flexibility index (Phi) is 186. The average Bonchev–Trinajstić information content (AvgIpc) is 0.918. The summed E-state index contributed by atoms with van der Waals surface area (Å²) in [6, 6.07) is 0. The molecule has 0 heterocycles. The molecule has 32 valence electrons. The monoisotopic (exact) mass is 134 g/mol. The van der Waals surface area contributed by atoms with Gasteiger partial charge in [-0.05, 0) is 6.92 Å². The maximum absolute atomic E-state index is 4.60. The Morgan fingerprint density at radius 3 is 1.33 bits per heavy atom. The molecule has 0 rings (SSSR count). The summed E-state index contributed by atoms with van der Waals surface area (Å²) in [4.78, 5) is 0. The minimum atomic E-state index is 0. The van der Waals surface area contributed by atoms with Crippen LogP contribution in [-0.4, -0.2) is 23.1 Å². The van der Waals surface area contributed by atoms with Gasteiger partial charge in [0.25, 0.3) is 0 Å². The zero-order valence-electron chi connectivity index (χ0n) is 3.54. The van der Waals surface area contributed by atoms with E-state index < -0.39 is 0 Å². The summed E-state index contributed by atoms with van der Waals surface area (Å²) >= 11 is 0. The van der Waals surface area contributed by atoms with Crippen molar-refractivity contribution in [3.05, 3.63) is 0 Å². The third kappa shape index (κ3) is 91.2. The Labute approximate surface area is 67.0 Å². The van der Waals surface area contributed by atoms with E-state index in [4.69, 9.17) is 0 Å². The van der Waals surface area contributed by atoms with Crippen LogP contribution in [-0.2, 0) is 0 Å². The minimum absolute atomic E-state index is 0. The second-order valence-corrected chi connectivity index (χ2v) is 0.289. The molecule has 0 aromatic carbocycles. The van der Waals surface area contributed by atoms with Gasteiger partial charge in [0.2, 0.25) is 0 Å². The Bertz CT molecular complexity index is 30.3. The molecule has 0 aromatic heterocycles. The zero-order valence-corrected chi connectivity index (χ0v) is 6.47. The van der Waals surface area contributed by atoms with Crippen molar-refractivity contribution in [2.24, 2.45) is 0 Å². The second kappa shape index (κ2) is 39.1. The smallest absolute Gasteiger partial charge is 1.00 e. The standard InChI is InChI=1S/C3H4.2ClH.Mg/c1-3-2;;;/h1H,2H3;2*1H;/q;;;+2/p-2. The topological polar surface area (TPSA) is 0 Å². The van der Waals surface area contributed by atoms with Crippen molar-refractivity contribution in [2.45, 2.75) is 6.92 Å². The van der Waals surface area contributed by atoms with E-state index >= 15 is 0 Å².